The van der Waals surface area contributed by atoms with Gasteiger partial charge in [0.1, 0.15) is 0 Å². The maximum absolute atomic E-state index is 11.0. The van der Waals surface area contributed by atoms with Crippen LogP contribution in [0.15, 0.2) is 39.0 Å². The lowest BCUT2D eigenvalue weighted by Gasteiger charge is -1.95. The minimum atomic E-state index is -0.0475. The molecular formula is C13H11N5O2S. The summed E-state index contributed by atoms with van der Waals surface area (Å²) in [6.07, 6.45) is 1.61. The number of rotatable bonds is 3. The number of aryl methyl sites for hydroxylation is 1. The Hall–Kier alpha value is -2.48. The maximum atomic E-state index is 11.0. The number of amides is 1. The van der Waals surface area contributed by atoms with Crippen molar-refractivity contribution < 1.29 is 9.32 Å². The van der Waals surface area contributed by atoms with E-state index in [1.807, 2.05) is 24.3 Å². The molecule has 0 saturated carbocycles. The number of hydrogen-bond acceptors (Lipinski definition) is 7. The minimum absolute atomic E-state index is 0.0475. The molecule has 21 heavy (non-hydrogen) atoms. The standard InChI is InChI=1S/C13H11N5O2S/c1-8-15-12(18-20-8)10-4-2-9(3-5-10)6-14-17-13-16-11(19)7-21-13/h2-6H,7H2,1H3,(H,16,17,19). The summed E-state index contributed by atoms with van der Waals surface area (Å²) in [5.41, 5.74) is 1.76. The van der Waals surface area contributed by atoms with Gasteiger partial charge in [-0.1, -0.05) is 41.2 Å². The molecule has 0 unspecified atom stereocenters. The molecule has 1 aromatic carbocycles. The minimum Gasteiger partial charge on any atom is -0.339 e. The molecule has 1 N–H and O–H groups in total. The molecule has 3 rings (SSSR count). The van der Waals surface area contributed by atoms with E-state index in [4.69, 9.17) is 4.52 Å². The Morgan fingerprint density at radius 2 is 2.19 bits per heavy atom. The van der Waals surface area contributed by atoms with Crippen molar-refractivity contribution in [2.75, 3.05) is 5.75 Å². The summed E-state index contributed by atoms with van der Waals surface area (Å²) in [7, 11) is 0. The van der Waals surface area contributed by atoms with Gasteiger partial charge in [0.15, 0.2) is 5.17 Å². The zero-order chi connectivity index (χ0) is 14.7. The van der Waals surface area contributed by atoms with E-state index >= 15 is 0 Å². The lowest BCUT2D eigenvalue weighted by molar-refractivity contribution is -0.116. The number of benzene rings is 1. The summed E-state index contributed by atoms with van der Waals surface area (Å²) in [6, 6.07) is 7.52. The number of carbonyl (C=O) groups is 1. The highest BCUT2D eigenvalue weighted by Crippen LogP contribution is 2.15. The Bertz CT molecular complexity index is 720. The molecule has 2 aromatic rings. The summed E-state index contributed by atoms with van der Waals surface area (Å²) in [5, 5.41) is 14.9. The van der Waals surface area contributed by atoms with Crippen LogP contribution in [0.2, 0.25) is 0 Å². The Morgan fingerprint density at radius 1 is 1.38 bits per heavy atom. The summed E-state index contributed by atoms with van der Waals surface area (Å²) in [4.78, 5) is 15.1. The summed E-state index contributed by atoms with van der Waals surface area (Å²) >= 11 is 1.34. The molecule has 1 fully saturated rings. The van der Waals surface area contributed by atoms with Gasteiger partial charge >= 0.3 is 0 Å². The van der Waals surface area contributed by atoms with Gasteiger partial charge in [0.25, 0.3) is 0 Å². The van der Waals surface area contributed by atoms with Crippen LogP contribution in [-0.4, -0.2) is 33.2 Å². The van der Waals surface area contributed by atoms with Crippen LogP contribution >= 0.6 is 11.8 Å². The van der Waals surface area contributed by atoms with Gasteiger partial charge in [-0.15, -0.1) is 5.10 Å². The fourth-order valence-corrected chi connectivity index (χ4v) is 2.29. The SMILES string of the molecule is Cc1nc(-c2ccc(C=NN=C3NC(=O)CS3)cc2)no1. The second-order valence-electron chi connectivity index (χ2n) is 4.25. The molecule has 0 bridgehead atoms. The van der Waals surface area contributed by atoms with E-state index in [9.17, 15) is 4.79 Å². The Morgan fingerprint density at radius 3 is 2.81 bits per heavy atom. The van der Waals surface area contributed by atoms with Crippen LogP contribution in [0.3, 0.4) is 0 Å². The van der Waals surface area contributed by atoms with Gasteiger partial charge in [0, 0.05) is 12.5 Å². The van der Waals surface area contributed by atoms with E-state index in [2.05, 4.69) is 25.7 Å². The second-order valence-corrected chi connectivity index (χ2v) is 5.21. The van der Waals surface area contributed by atoms with Gasteiger partial charge in [-0.3, -0.25) is 4.79 Å². The van der Waals surface area contributed by atoms with Crippen LogP contribution in [0.25, 0.3) is 11.4 Å². The number of carbonyl (C=O) groups excluding carboxylic acids is 1. The number of thioether (sulfide) groups is 1. The molecule has 0 aliphatic carbocycles. The molecule has 7 nitrogen and oxygen atoms in total. The third kappa shape index (κ3) is 3.34. The van der Waals surface area contributed by atoms with Crippen molar-refractivity contribution in [1.29, 1.82) is 0 Å². The predicted molar refractivity (Wildman–Crippen MR) is 80.1 cm³/mol. The quantitative estimate of drug-likeness (QED) is 0.686. The van der Waals surface area contributed by atoms with Crippen LogP contribution < -0.4 is 5.32 Å². The van der Waals surface area contributed by atoms with Gasteiger partial charge in [-0.25, -0.2) is 0 Å². The van der Waals surface area contributed by atoms with E-state index < -0.39 is 0 Å². The highest BCUT2D eigenvalue weighted by Gasteiger charge is 2.15. The topological polar surface area (TPSA) is 92.7 Å². The fourth-order valence-electron chi connectivity index (χ4n) is 1.66. The van der Waals surface area contributed by atoms with Gasteiger partial charge in [0.05, 0.1) is 12.0 Å². The Kier molecular flexibility index (Phi) is 3.78. The normalized spacial score (nSPS) is 16.8. The number of nitrogens with zero attached hydrogens (tertiary/aromatic N) is 4. The number of aromatic nitrogens is 2. The van der Waals surface area contributed by atoms with Crippen molar-refractivity contribution in [2.45, 2.75) is 6.92 Å². The number of hydrogen-bond donors (Lipinski definition) is 1. The molecule has 0 spiro atoms. The molecule has 1 aromatic heterocycles. The van der Waals surface area contributed by atoms with E-state index in [1.54, 1.807) is 13.1 Å². The predicted octanol–water partition coefficient (Wildman–Crippen LogP) is 1.60. The average Bonchev–Trinajstić information content (AvgIpc) is 3.09. The van der Waals surface area contributed by atoms with Crippen LogP contribution in [0.4, 0.5) is 0 Å². The monoisotopic (exact) mass is 301 g/mol. The lowest BCUT2D eigenvalue weighted by Crippen LogP contribution is -2.19. The molecule has 8 heteroatoms. The van der Waals surface area contributed by atoms with E-state index in [-0.39, 0.29) is 5.91 Å². The first kappa shape index (κ1) is 13.5. The third-order valence-corrected chi connectivity index (χ3v) is 3.50. The number of nitrogens with one attached hydrogen (secondary N) is 1. The van der Waals surface area contributed by atoms with Crippen molar-refractivity contribution in [3.05, 3.63) is 35.7 Å². The van der Waals surface area contributed by atoms with Crippen molar-refractivity contribution in [2.24, 2.45) is 10.2 Å². The highest BCUT2D eigenvalue weighted by atomic mass is 32.2. The fraction of sp³-hybridized carbons (Fsp3) is 0.154. The zero-order valence-electron chi connectivity index (χ0n) is 11.1. The summed E-state index contributed by atoms with van der Waals surface area (Å²) in [5.74, 6) is 1.44. The lowest BCUT2D eigenvalue weighted by atomic mass is 10.1. The number of amidine groups is 1. The average molecular weight is 301 g/mol. The van der Waals surface area contributed by atoms with Crippen LogP contribution in [0.1, 0.15) is 11.5 Å². The van der Waals surface area contributed by atoms with E-state index in [0.717, 1.165) is 11.1 Å². The Balaban J connectivity index is 1.68. The second kappa shape index (κ2) is 5.88. The molecule has 2 heterocycles. The summed E-state index contributed by atoms with van der Waals surface area (Å²) in [6.45, 7) is 1.75. The van der Waals surface area contributed by atoms with Crippen LogP contribution in [-0.2, 0) is 4.79 Å². The first-order chi connectivity index (χ1) is 10.2. The van der Waals surface area contributed by atoms with Crippen LogP contribution in [0, 0.1) is 6.92 Å². The van der Waals surface area contributed by atoms with Gasteiger partial charge in [0.2, 0.25) is 17.6 Å². The molecule has 1 aliphatic rings. The van der Waals surface area contributed by atoms with E-state index in [0.29, 0.717) is 22.6 Å². The van der Waals surface area contributed by atoms with Crippen molar-refractivity contribution >= 4 is 29.1 Å². The van der Waals surface area contributed by atoms with Crippen LogP contribution in [0.5, 0.6) is 0 Å². The van der Waals surface area contributed by atoms with Gasteiger partial charge in [-0.05, 0) is 5.56 Å². The largest absolute Gasteiger partial charge is 0.339 e. The van der Waals surface area contributed by atoms with Gasteiger partial charge in [-0.2, -0.15) is 10.1 Å². The highest BCUT2D eigenvalue weighted by molar-refractivity contribution is 8.15. The first-order valence-electron chi connectivity index (χ1n) is 6.15. The first-order valence-corrected chi connectivity index (χ1v) is 7.14. The van der Waals surface area contributed by atoms with Crippen molar-refractivity contribution in [3.8, 4) is 11.4 Å². The zero-order valence-corrected chi connectivity index (χ0v) is 11.9. The molecule has 106 valence electrons. The molecule has 1 amide bonds. The molecule has 1 aliphatic heterocycles. The molecular weight excluding hydrogens is 290 g/mol. The third-order valence-electron chi connectivity index (χ3n) is 2.64. The smallest absolute Gasteiger partial charge is 0.236 e. The van der Waals surface area contributed by atoms with E-state index in [1.165, 1.54) is 11.8 Å². The van der Waals surface area contributed by atoms with Crippen molar-refractivity contribution in [3.63, 3.8) is 0 Å². The molecule has 0 atom stereocenters. The maximum Gasteiger partial charge on any atom is 0.236 e. The molecule has 0 radical (unpaired) electrons. The molecule has 1 saturated heterocycles. The van der Waals surface area contributed by atoms with Crippen molar-refractivity contribution in [1.82, 2.24) is 15.5 Å². The van der Waals surface area contributed by atoms with Gasteiger partial charge < -0.3 is 9.84 Å². The Labute approximate surface area is 124 Å². The summed E-state index contributed by atoms with van der Waals surface area (Å²) < 4.78 is 4.94.